The number of benzene rings is 1. The van der Waals surface area contributed by atoms with Crippen LogP contribution in [0.3, 0.4) is 0 Å². The van der Waals surface area contributed by atoms with Crippen LogP contribution in [0.5, 0.6) is 0 Å². The molecule has 0 amide bonds. The predicted octanol–water partition coefficient (Wildman–Crippen LogP) is 2.92. The quantitative estimate of drug-likeness (QED) is 0.825. The van der Waals surface area contributed by atoms with Crippen molar-refractivity contribution in [2.24, 2.45) is 0 Å². The van der Waals surface area contributed by atoms with E-state index >= 15 is 0 Å². The third kappa shape index (κ3) is 3.91. The fourth-order valence-corrected chi connectivity index (χ4v) is 2.39. The Morgan fingerprint density at radius 2 is 2.29 bits per heavy atom. The number of rotatable bonds is 5. The summed E-state index contributed by atoms with van der Waals surface area (Å²) < 4.78 is 12.9. The highest BCUT2D eigenvalue weighted by atomic mass is 32.1. The van der Waals surface area contributed by atoms with Crippen molar-refractivity contribution < 1.29 is 4.39 Å². The molecule has 1 aromatic heterocycles. The average Bonchev–Trinajstić information content (AvgIpc) is 2.71. The zero-order chi connectivity index (χ0) is 12.1. The van der Waals surface area contributed by atoms with Gasteiger partial charge in [0.25, 0.3) is 0 Å². The molecule has 1 heterocycles. The van der Waals surface area contributed by atoms with E-state index in [-0.39, 0.29) is 5.82 Å². The number of aryl methyl sites for hydroxylation is 1. The van der Waals surface area contributed by atoms with Crippen LogP contribution < -0.4 is 5.32 Å². The summed E-state index contributed by atoms with van der Waals surface area (Å²) in [5, 5.41) is 4.42. The highest BCUT2D eigenvalue weighted by Gasteiger charge is 1.98. The summed E-state index contributed by atoms with van der Waals surface area (Å²) in [6, 6.07) is 6.74. The van der Waals surface area contributed by atoms with Gasteiger partial charge in [0.2, 0.25) is 0 Å². The summed E-state index contributed by atoms with van der Waals surface area (Å²) in [6.45, 7) is 3.68. The number of thiazole rings is 1. The Kier molecular flexibility index (Phi) is 4.23. The summed E-state index contributed by atoms with van der Waals surface area (Å²) in [4.78, 5) is 5.43. The summed E-state index contributed by atoms with van der Waals surface area (Å²) in [5.41, 5.74) is 1.03. The van der Waals surface area contributed by atoms with Crippen LogP contribution in [0.1, 0.15) is 15.4 Å². The fraction of sp³-hybridized carbons (Fsp3) is 0.308. The number of aromatic nitrogens is 1. The van der Waals surface area contributed by atoms with Gasteiger partial charge in [0.05, 0.1) is 5.01 Å². The van der Waals surface area contributed by atoms with Gasteiger partial charge in [-0.2, -0.15) is 0 Å². The van der Waals surface area contributed by atoms with Gasteiger partial charge in [-0.25, -0.2) is 9.37 Å². The molecule has 0 spiro atoms. The number of hydrogen-bond acceptors (Lipinski definition) is 3. The minimum absolute atomic E-state index is 0.166. The zero-order valence-electron chi connectivity index (χ0n) is 9.74. The summed E-state index contributed by atoms with van der Waals surface area (Å²) >= 11 is 1.70. The van der Waals surface area contributed by atoms with Crippen LogP contribution in [0.4, 0.5) is 4.39 Å². The van der Waals surface area contributed by atoms with E-state index in [1.54, 1.807) is 23.5 Å². The van der Waals surface area contributed by atoms with Gasteiger partial charge in [-0.15, -0.1) is 11.3 Å². The molecule has 0 unspecified atom stereocenters. The topological polar surface area (TPSA) is 24.9 Å². The van der Waals surface area contributed by atoms with Crippen LogP contribution in [0, 0.1) is 12.7 Å². The lowest BCUT2D eigenvalue weighted by atomic mass is 10.1. The molecule has 0 aliphatic carbocycles. The molecule has 2 nitrogen and oxygen atoms in total. The third-order valence-corrected chi connectivity index (χ3v) is 3.36. The Labute approximate surface area is 105 Å². The van der Waals surface area contributed by atoms with Crippen LogP contribution in [0.25, 0.3) is 0 Å². The lowest BCUT2D eigenvalue weighted by Gasteiger charge is -2.03. The Bertz CT molecular complexity index is 482. The molecule has 0 saturated carbocycles. The number of hydrogen-bond donors (Lipinski definition) is 1. The molecule has 4 heteroatoms. The van der Waals surface area contributed by atoms with Crippen molar-refractivity contribution in [3.05, 3.63) is 51.7 Å². The summed E-state index contributed by atoms with van der Waals surface area (Å²) in [6.07, 6.45) is 2.74. The van der Waals surface area contributed by atoms with Crippen molar-refractivity contribution in [3.8, 4) is 0 Å². The van der Waals surface area contributed by atoms with E-state index < -0.39 is 0 Å². The van der Waals surface area contributed by atoms with Gasteiger partial charge in [-0.3, -0.25) is 0 Å². The molecule has 0 atom stereocenters. The van der Waals surface area contributed by atoms with Crippen LogP contribution in [-0.4, -0.2) is 11.5 Å². The van der Waals surface area contributed by atoms with Crippen LogP contribution >= 0.6 is 11.3 Å². The molecule has 1 aromatic carbocycles. The molecule has 1 N–H and O–H groups in total. The molecule has 17 heavy (non-hydrogen) atoms. The van der Waals surface area contributed by atoms with Crippen molar-refractivity contribution in [3.63, 3.8) is 0 Å². The van der Waals surface area contributed by atoms with Gasteiger partial charge in [0.1, 0.15) is 5.82 Å². The van der Waals surface area contributed by atoms with E-state index in [9.17, 15) is 4.39 Å². The second kappa shape index (κ2) is 5.89. The number of nitrogens with zero attached hydrogens (tertiary/aromatic N) is 1. The molecule has 90 valence electrons. The molecular formula is C13H15FN2S. The maximum Gasteiger partial charge on any atom is 0.123 e. The van der Waals surface area contributed by atoms with Gasteiger partial charge < -0.3 is 5.32 Å². The van der Waals surface area contributed by atoms with Gasteiger partial charge in [0, 0.05) is 17.6 Å². The molecular weight excluding hydrogens is 235 g/mol. The van der Waals surface area contributed by atoms with E-state index in [2.05, 4.69) is 10.3 Å². The Hall–Kier alpha value is -1.26. The van der Waals surface area contributed by atoms with E-state index in [0.29, 0.717) is 0 Å². The normalized spacial score (nSPS) is 10.7. The smallest absolute Gasteiger partial charge is 0.123 e. The first kappa shape index (κ1) is 12.2. The van der Waals surface area contributed by atoms with Crippen molar-refractivity contribution >= 4 is 11.3 Å². The first-order valence-corrected chi connectivity index (χ1v) is 6.42. The zero-order valence-corrected chi connectivity index (χ0v) is 10.6. The van der Waals surface area contributed by atoms with E-state index in [4.69, 9.17) is 0 Å². The van der Waals surface area contributed by atoms with Crippen LogP contribution in [0.2, 0.25) is 0 Å². The van der Waals surface area contributed by atoms with Crippen molar-refractivity contribution in [1.29, 1.82) is 0 Å². The molecule has 2 rings (SSSR count). The molecule has 0 radical (unpaired) electrons. The van der Waals surface area contributed by atoms with Gasteiger partial charge in [0.15, 0.2) is 0 Å². The first-order chi connectivity index (χ1) is 8.24. The van der Waals surface area contributed by atoms with Gasteiger partial charge in [-0.1, -0.05) is 12.1 Å². The largest absolute Gasteiger partial charge is 0.311 e. The second-order valence-corrected chi connectivity index (χ2v) is 5.22. The lowest BCUT2D eigenvalue weighted by Crippen LogP contribution is -2.15. The van der Waals surface area contributed by atoms with Gasteiger partial charge in [-0.05, 0) is 37.6 Å². The number of halogens is 1. The highest BCUT2D eigenvalue weighted by molar-refractivity contribution is 7.11. The first-order valence-electron chi connectivity index (χ1n) is 5.60. The Morgan fingerprint density at radius 1 is 1.41 bits per heavy atom. The standard InChI is InChI=1S/C13H15FN2S/c1-10-16-9-13(17-10)8-15-6-5-11-3-2-4-12(14)7-11/h2-4,7,9,15H,5-6,8H2,1H3. The molecule has 0 aliphatic heterocycles. The van der Waals surface area contributed by atoms with Crippen molar-refractivity contribution in [2.75, 3.05) is 6.54 Å². The summed E-state index contributed by atoms with van der Waals surface area (Å²) in [5.74, 6) is -0.166. The molecule has 2 aromatic rings. The Balaban J connectivity index is 1.73. The third-order valence-electron chi connectivity index (χ3n) is 2.45. The van der Waals surface area contributed by atoms with E-state index in [0.717, 1.165) is 30.1 Å². The van der Waals surface area contributed by atoms with Gasteiger partial charge >= 0.3 is 0 Å². The van der Waals surface area contributed by atoms with Crippen LogP contribution in [0.15, 0.2) is 30.5 Å². The van der Waals surface area contributed by atoms with E-state index in [1.807, 2.05) is 19.2 Å². The Morgan fingerprint density at radius 3 is 3.00 bits per heavy atom. The van der Waals surface area contributed by atoms with Crippen molar-refractivity contribution in [1.82, 2.24) is 10.3 Å². The minimum Gasteiger partial charge on any atom is -0.311 e. The molecule has 0 fully saturated rings. The highest BCUT2D eigenvalue weighted by Crippen LogP contribution is 2.10. The molecule has 0 saturated heterocycles. The lowest BCUT2D eigenvalue weighted by molar-refractivity contribution is 0.623. The monoisotopic (exact) mass is 250 g/mol. The fourth-order valence-electron chi connectivity index (χ4n) is 1.62. The van der Waals surface area contributed by atoms with Crippen LogP contribution in [-0.2, 0) is 13.0 Å². The SMILES string of the molecule is Cc1ncc(CNCCc2cccc(F)c2)s1. The average molecular weight is 250 g/mol. The minimum atomic E-state index is -0.166. The van der Waals surface area contributed by atoms with Crippen molar-refractivity contribution in [2.45, 2.75) is 19.9 Å². The molecule has 0 bridgehead atoms. The second-order valence-electron chi connectivity index (χ2n) is 3.90. The maximum atomic E-state index is 12.9. The maximum absolute atomic E-state index is 12.9. The number of nitrogens with one attached hydrogen (secondary N) is 1. The molecule has 0 aliphatic rings. The summed E-state index contributed by atoms with van der Waals surface area (Å²) in [7, 11) is 0. The van der Waals surface area contributed by atoms with E-state index in [1.165, 1.54) is 10.9 Å². The predicted molar refractivity (Wildman–Crippen MR) is 68.7 cm³/mol.